The lowest BCUT2D eigenvalue weighted by molar-refractivity contribution is -0.151. The lowest BCUT2D eigenvalue weighted by Crippen LogP contribution is -2.57. The maximum Gasteiger partial charge on any atom is 0.291 e. The van der Waals surface area contributed by atoms with Gasteiger partial charge in [0.25, 0.3) is 11.8 Å². The Morgan fingerprint density at radius 2 is 2.17 bits per heavy atom. The summed E-state index contributed by atoms with van der Waals surface area (Å²) < 4.78 is 33.5. The van der Waals surface area contributed by atoms with Crippen LogP contribution in [0, 0.1) is 12.3 Å². The molecule has 1 aromatic heterocycles. The van der Waals surface area contributed by atoms with E-state index in [1.807, 2.05) is 6.92 Å². The number of rotatable bonds is 2. The molecule has 2 fully saturated rings. The van der Waals surface area contributed by atoms with Crippen LogP contribution in [0.3, 0.4) is 0 Å². The second-order valence-corrected chi connectivity index (χ2v) is 6.38. The van der Waals surface area contributed by atoms with Gasteiger partial charge in [0.1, 0.15) is 0 Å². The maximum absolute atomic E-state index is 14.2. The van der Waals surface area contributed by atoms with E-state index in [1.54, 1.807) is 11.8 Å². The molecule has 0 unspecified atom stereocenters. The Morgan fingerprint density at radius 1 is 1.43 bits per heavy atom. The molecule has 2 aliphatic rings. The highest BCUT2D eigenvalue weighted by molar-refractivity contribution is 5.93. The zero-order valence-electron chi connectivity index (χ0n) is 13.1. The van der Waals surface area contributed by atoms with Crippen molar-refractivity contribution >= 4 is 11.8 Å². The third-order valence-corrected chi connectivity index (χ3v) is 4.72. The summed E-state index contributed by atoms with van der Waals surface area (Å²) in [5, 5.41) is 0. The van der Waals surface area contributed by atoms with Crippen LogP contribution in [0.25, 0.3) is 0 Å². The van der Waals surface area contributed by atoms with Gasteiger partial charge in [0, 0.05) is 26.1 Å². The van der Waals surface area contributed by atoms with E-state index >= 15 is 0 Å². The minimum atomic E-state index is -3.10. The third kappa shape index (κ3) is 2.60. The van der Waals surface area contributed by atoms with Gasteiger partial charge in [-0.3, -0.25) is 9.59 Å². The fourth-order valence-electron chi connectivity index (χ4n) is 3.61. The molecule has 2 amide bonds. The number of piperidine rings is 1. The Kier molecular flexibility index (Phi) is 3.65. The minimum Gasteiger partial charge on any atom is -0.438 e. The molecule has 1 spiro atoms. The smallest absolute Gasteiger partial charge is 0.291 e. The van der Waals surface area contributed by atoms with Gasteiger partial charge in [-0.2, -0.15) is 0 Å². The minimum absolute atomic E-state index is 0.00308. The van der Waals surface area contributed by atoms with Crippen molar-refractivity contribution in [3.63, 3.8) is 0 Å². The summed E-state index contributed by atoms with van der Waals surface area (Å²) in [6, 6.07) is 0. The first-order valence-corrected chi connectivity index (χ1v) is 7.64. The van der Waals surface area contributed by atoms with E-state index in [0.29, 0.717) is 25.2 Å². The van der Waals surface area contributed by atoms with E-state index in [-0.39, 0.29) is 18.2 Å². The van der Waals surface area contributed by atoms with Crippen LogP contribution < -0.4 is 0 Å². The molecular weight excluding hydrogens is 308 g/mol. The molecule has 0 N–H and O–H groups in total. The fraction of sp³-hybridized carbons (Fsp3) is 0.667. The SMILES string of the molecule is CCN1CC[C@]2(CN(C(=O)c3ocnc3C)CC(F)(F)C2)C1=O. The topological polar surface area (TPSA) is 66.7 Å². The lowest BCUT2D eigenvalue weighted by atomic mass is 9.77. The van der Waals surface area contributed by atoms with Gasteiger partial charge < -0.3 is 14.2 Å². The summed E-state index contributed by atoms with van der Waals surface area (Å²) in [6.07, 6.45) is 0.947. The summed E-state index contributed by atoms with van der Waals surface area (Å²) in [6.45, 7) is 3.63. The van der Waals surface area contributed by atoms with Crippen LogP contribution in [-0.2, 0) is 4.79 Å². The van der Waals surface area contributed by atoms with Gasteiger partial charge in [0.15, 0.2) is 6.39 Å². The molecule has 8 heteroatoms. The number of aromatic nitrogens is 1. The molecule has 0 aromatic carbocycles. The number of oxazole rings is 1. The van der Waals surface area contributed by atoms with Crippen LogP contribution in [0.2, 0.25) is 0 Å². The van der Waals surface area contributed by atoms with Crippen molar-refractivity contribution in [2.45, 2.75) is 32.6 Å². The summed E-state index contributed by atoms with van der Waals surface area (Å²) in [5.74, 6) is -4.06. The molecule has 2 saturated heterocycles. The standard InChI is InChI=1S/C15H19F2N3O3/c1-3-19-5-4-14(13(19)22)6-15(16,17)8-20(7-14)12(21)11-10(2)18-9-23-11/h9H,3-8H2,1-2H3/t14-/m0/s1. The summed E-state index contributed by atoms with van der Waals surface area (Å²) >= 11 is 0. The first-order chi connectivity index (χ1) is 10.8. The largest absolute Gasteiger partial charge is 0.438 e. The van der Waals surface area contributed by atoms with Crippen LogP contribution >= 0.6 is 0 Å². The first kappa shape index (κ1) is 15.9. The Morgan fingerprint density at radius 3 is 2.74 bits per heavy atom. The van der Waals surface area contributed by atoms with E-state index in [4.69, 9.17) is 4.42 Å². The normalized spacial score (nSPS) is 27.0. The van der Waals surface area contributed by atoms with E-state index in [2.05, 4.69) is 4.98 Å². The predicted octanol–water partition coefficient (Wildman–Crippen LogP) is 1.70. The van der Waals surface area contributed by atoms with Gasteiger partial charge in [-0.25, -0.2) is 13.8 Å². The molecule has 3 heterocycles. The average Bonchev–Trinajstić information content (AvgIpc) is 3.02. The number of carbonyl (C=O) groups is 2. The number of halogens is 2. The molecule has 2 aliphatic heterocycles. The molecule has 23 heavy (non-hydrogen) atoms. The number of alkyl halides is 2. The van der Waals surface area contributed by atoms with Gasteiger partial charge >= 0.3 is 0 Å². The number of hydrogen-bond acceptors (Lipinski definition) is 4. The van der Waals surface area contributed by atoms with E-state index in [1.165, 1.54) is 0 Å². The van der Waals surface area contributed by atoms with Crippen LogP contribution in [0.4, 0.5) is 8.78 Å². The second kappa shape index (κ2) is 5.28. The molecule has 0 bridgehead atoms. The highest BCUT2D eigenvalue weighted by Crippen LogP contribution is 2.45. The van der Waals surface area contributed by atoms with Crippen LogP contribution in [-0.4, -0.2) is 58.7 Å². The van der Waals surface area contributed by atoms with Gasteiger partial charge in [0.05, 0.1) is 17.7 Å². The molecule has 3 rings (SSSR count). The number of likely N-dealkylation sites (tertiary alicyclic amines) is 2. The van der Waals surface area contributed by atoms with Gasteiger partial charge in [-0.1, -0.05) is 0 Å². The van der Waals surface area contributed by atoms with Crippen molar-refractivity contribution in [2.75, 3.05) is 26.2 Å². The predicted molar refractivity (Wildman–Crippen MR) is 76.0 cm³/mol. The monoisotopic (exact) mass is 327 g/mol. The first-order valence-electron chi connectivity index (χ1n) is 7.64. The molecule has 6 nitrogen and oxygen atoms in total. The van der Waals surface area contributed by atoms with Crippen molar-refractivity contribution in [3.05, 3.63) is 17.8 Å². The van der Waals surface area contributed by atoms with Crippen molar-refractivity contribution in [1.82, 2.24) is 14.8 Å². The van der Waals surface area contributed by atoms with Crippen molar-refractivity contribution in [3.8, 4) is 0 Å². The van der Waals surface area contributed by atoms with Crippen molar-refractivity contribution in [1.29, 1.82) is 0 Å². The third-order valence-electron chi connectivity index (χ3n) is 4.72. The van der Waals surface area contributed by atoms with E-state index in [0.717, 1.165) is 11.3 Å². The zero-order chi connectivity index (χ0) is 16.8. The van der Waals surface area contributed by atoms with Gasteiger partial charge in [-0.15, -0.1) is 0 Å². The van der Waals surface area contributed by atoms with Gasteiger partial charge in [0.2, 0.25) is 11.7 Å². The lowest BCUT2D eigenvalue weighted by Gasteiger charge is -2.42. The van der Waals surface area contributed by atoms with Gasteiger partial charge in [-0.05, 0) is 20.3 Å². The molecule has 0 saturated carbocycles. The fourth-order valence-corrected chi connectivity index (χ4v) is 3.61. The second-order valence-electron chi connectivity index (χ2n) is 6.38. The summed E-state index contributed by atoms with van der Waals surface area (Å²) in [5.41, 5.74) is -0.840. The quantitative estimate of drug-likeness (QED) is 0.829. The molecular formula is C15H19F2N3O3. The zero-order valence-corrected chi connectivity index (χ0v) is 13.1. The van der Waals surface area contributed by atoms with E-state index in [9.17, 15) is 18.4 Å². The Bertz CT molecular complexity index is 646. The van der Waals surface area contributed by atoms with Crippen LogP contribution in [0.15, 0.2) is 10.8 Å². The molecule has 0 aliphatic carbocycles. The molecule has 1 atom stereocenters. The molecule has 0 radical (unpaired) electrons. The maximum atomic E-state index is 14.2. The average molecular weight is 327 g/mol. The number of amides is 2. The Labute approximate surface area is 132 Å². The molecule has 1 aromatic rings. The highest BCUT2D eigenvalue weighted by atomic mass is 19.3. The van der Waals surface area contributed by atoms with Crippen molar-refractivity contribution < 1.29 is 22.8 Å². The molecule has 126 valence electrons. The Hall–Kier alpha value is -1.99. The van der Waals surface area contributed by atoms with E-state index < -0.39 is 30.2 Å². The van der Waals surface area contributed by atoms with Crippen LogP contribution in [0.5, 0.6) is 0 Å². The van der Waals surface area contributed by atoms with Crippen molar-refractivity contribution in [2.24, 2.45) is 5.41 Å². The van der Waals surface area contributed by atoms with Crippen LogP contribution in [0.1, 0.15) is 36.0 Å². The Balaban J connectivity index is 1.90. The number of aryl methyl sites for hydroxylation is 1. The highest BCUT2D eigenvalue weighted by Gasteiger charge is 2.57. The summed E-state index contributed by atoms with van der Waals surface area (Å²) in [7, 11) is 0. The summed E-state index contributed by atoms with van der Waals surface area (Å²) in [4.78, 5) is 31.5. The number of hydrogen-bond donors (Lipinski definition) is 0. The number of carbonyl (C=O) groups excluding carboxylic acids is 2. The number of nitrogens with zero attached hydrogens (tertiary/aromatic N) is 3.